The molecule has 1 aromatic heterocycles. The number of hydroxylamine groups is 2. The first-order valence-electron chi connectivity index (χ1n) is 5.37. The Morgan fingerprint density at radius 1 is 1.62 bits per heavy atom. The summed E-state index contributed by atoms with van der Waals surface area (Å²) in [6.45, 7) is 1.21. The topological polar surface area (TPSA) is 73.4 Å². The number of nitrogens with two attached hydrogens (primary N) is 1. The zero-order valence-corrected chi connectivity index (χ0v) is 9.30. The highest BCUT2D eigenvalue weighted by Crippen LogP contribution is 2.15. The van der Waals surface area contributed by atoms with E-state index in [0.717, 1.165) is 12.8 Å². The highest BCUT2D eigenvalue weighted by molar-refractivity contribution is 5.82. The number of aryl methyl sites for hydroxylation is 1. The third-order valence-electron chi connectivity index (χ3n) is 2.60. The number of rotatable bonds is 2. The van der Waals surface area contributed by atoms with Gasteiger partial charge >= 0.3 is 0 Å². The lowest BCUT2D eigenvalue weighted by molar-refractivity contribution is -0.198. The summed E-state index contributed by atoms with van der Waals surface area (Å²) in [5.41, 5.74) is 6.57. The van der Waals surface area contributed by atoms with Crippen molar-refractivity contribution in [1.82, 2.24) is 14.8 Å². The maximum absolute atomic E-state index is 11.9. The van der Waals surface area contributed by atoms with Crippen LogP contribution in [-0.2, 0) is 16.7 Å². The standard InChI is InChI=1S/C10H16N4O2/c1-13-7-8(6-12-13)9(11)10(15)14-4-2-3-5-16-14/h6-7,9H,2-5,11H2,1H3. The summed E-state index contributed by atoms with van der Waals surface area (Å²) in [7, 11) is 1.79. The number of hydrogen-bond acceptors (Lipinski definition) is 4. The lowest BCUT2D eigenvalue weighted by Gasteiger charge is -2.27. The minimum Gasteiger partial charge on any atom is -0.316 e. The first kappa shape index (κ1) is 11.1. The zero-order chi connectivity index (χ0) is 11.5. The van der Waals surface area contributed by atoms with Gasteiger partial charge in [0.2, 0.25) is 0 Å². The van der Waals surface area contributed by atoms with E-state index in [4.69, 9.17) is 10.6 Å². The van der Waals surface area contributed by atoms with Crippen molar-refractivity contribution >= 4 is 5.91 Å². The fourth-order valence-corrected chi connectivity index (χ4v) is 1.67. The van der Waals surface area contributed by atoms with E-state index in [1.807, 2.05) is 0 Å². The number of carbonyl (C=O) groups is 1. The summed E-state index contributed by atoms with van der Waals surface area (Å²) in [5, 5.41) is 5.35. The zero-order valence-electron chi connectivity index (χ0n) is 9.30. The Morgan fingerprint density at radius 2 is 2.44 bits per heavy atom. The third-order valence-corrected chi connectivity index (χ3v) is 2.60. The molecule has 6 nitrogen and oxygen atoms in total. The largest absolute Gasteiger partial charge is 0.316 e. The van der Waals surface area contributed by atoms with E-state index < -0.39 is 6.04 Å². The highest BCUT2D eigenvalue weighted by atomic mass is 16.7. The predicted octanol–water partition coefficient (Wildman–Crippen LogP) is -0.0261. The molecule has 2 N–H and O–H groups in total. The number of carbonyl (C=O) groups excluding carboxylic acids is 1. The van der Waals surface area contributed by atoms with E-state index in [1.165, 1.54) is 5.06 Å². The van der Waals surface area contributed by atoms with E-state index in [9.17, 15) is 4.79 Å². The number of aromatic nitrogens is 2. The Kier molecular flexibility index (Phi) is 3.21. The lowest BCUT2D eigenvalue weighted by Crippen LogP contribution is -2.41. The molecule has 1 aromatic rings. The number of nitrogens with zero attached hydrogens (tertiary/aromatic N) is 3. The van der Waals surface area contributed by atoms with E-state index in [1.54, 1.807) is 24.1 Å². The molecule has 2 rings (SSSR count). The van der Waals surface area contributed by atoms with Crippen molar-refractivity contribution in [2.45, 2.75) is 18.9 Å². The molecule has 1 aliphatic rings. The second-order valence-electron chi connectivity index (χ2n) is 3.91. The van der Waals surface area contributed by atoms with Gasteiger partial charge in [-0.2, -0.15) is 5.10 Å². The van der Waals surface area contributed by atoms with Crippen LogP contribution < -0.4 is 5.73 Å². The maximum atomic E-state index is 11.9. The molecule has 1 unspecified atom stereocenters. The van der Waals surface area contributed by atoms with Gasteiger partial charge in [-0.1, -0.05) is 0 Å². The molecule has 6 heteroatoms. The molecule has 1 atom stereocenters. The van der Waals surface area contributed by atoms with Crippen molar-refractivity contribution in [3.8, 4) is 0 Å². The van der Waals surface area contributed by atoms with Gasteiger partial charge in [0.05, 0.1) is 12.8 Å². The Balaban J connectivity index is 2.03. The van der Waals surface area contributed by atoms with Gasteiger partial charge in [-0.15, -0.1) is 0 Å². The SMILES string of the molecule is Cn1cc(C(N)C(=O)N2CCCCO2)cn1. The van der Waals surface area contributed by atoms with Crippen molar-refractivity contribution in [2.75, 3.05) is 13.2 Å². The Hall–Kier alpha value is -1.40. The number of hydrogen-bond donors (Lipinski definition) is 1. The van der Waals surface area contributed by atoms with Crippen LogP contribution in [0.3, 0.4) is 0 Å². The first-order valence-corrected chi connectivity index (χ1v) is 5.37. The average molecular weight is 224 g/mol. The van der Waals surface area contributed by atoms with Crippen LogP contribution >= 0.6 is 0 Å². The summed E-state index contributed by atoms with van der Waals surface area (Å²) >= 11 is 0. The van der Waals surface area contributed by atoms with E-state index >= 15 is 0 Å². The van der Waals surface area contributed by atoms with Crippen LogP contribution in [0, 0.1) is 0 Å². The fraction of sp³-hybridized carbons (Fsp3) is 0.600. The molecule has 1 saturated heterocycles. The van der Waals surface area contributed by atoms with Crippen LogP contribution in [0.4, 0.5) is 0 Å². The second kappa shape index (κ2) is 4.63. The van der Waals surface area contributed by atoms with Crippen LogP contribution in [0.15, 0.2) is 12.4 Å². The minimum absolute atomic E-state index is 0.201. The van der Waals surface area contributed by atoms with Crippen LogP contribution in [0.25, 0.3) is 0 Å². The van der Waals surface area contributed by atoms with Gasteiger partial charge in [0.1, 0.15) is 6.04 Å². The van der Waals surface area contributed by atoms with Crippen LogP contribution in [-0.4, -0.2) is 33.9 Å². The quantitative estimate of drug-likeness (QED) is 0.765. The van der Waals surface area contributed by atoms with E-state index in [-0.39, 0.29) is 5.91 Å². The summed E-state index contributed by atoms with van der Waals surface area (Å²) in [6, 6.07) is -0.688. The van der Waals surface area contributed by atoms with Crippen molar-refractivity contribution in [3.63, 3.8) is 0 Å². The van der Waals surface area contributed by atoms with Gasteiger partial charge in [0, 0.05) is 25.4 Å². The minimum atomic E-state index is -0.688. The molecular formula is C10H16N4O2. The monoisotopic (exact) mass is 224 g/mol. The van der Waals surface area contributed by atoms with Crippen molar-refractivity contribution < 1.29 is 9.63 Å². The maximum Gasteiger partial charge on any atom is 0.267 e. The fourth-order valence-electron chi connectivity index (χ4n) is 1.67. The lowest BCUT2D eigenvalue weighted by atomic mass is 10.1. The molecule has 0 aliphatic carbocycles. The van der Waals surface area contributed by atoms with E-state index in [0.29, 0.717) is 18.7 Å². The molecule has 1 amide bonds. The van der Waals surface area contributed by atoms with Gasteiger partial charge in [-0.25, -0.2) is 5.06 Å². The summed E-state index contributed by atoms with van der Waals surface area (Å²) < 4.78 is 1.62. The molecule has 2 heterocycles. The molecule has 0 bridgehead atoms. The predicted molar refractivity (Wildman–Crippen MR) is 57.0 cm³/mol. The van der Waals surface area contributed by atoms with Crippen LogP contribution in [0.2, 0.25) is 0 Å². The van der Waals surface area contributed by atoms with Gasteiger partial charge in [-0.05, 0) is 12.8 Å². The summed E-state index contributed by atoms with van der Waals surface area (Å²) in [5.74, 6) is -0.201. The number of amides is 1. The van der Waals surface area contributed by atoms with Crippen LogP contribution in [0.5, 0.6) is 0 Å². The molecular weight excluding hydrogens is 208 g/mol. The summed E-state index contributed by atoms with van der Waals surface area (Å²) in [4.78, 5) is 17.2. The molecule has 0 radical (unpaired) electrons. The van der Waals surface area contributed by atoms with Crippen molar-refractivity contribution in [1.29, 1.82) is 0 Å². The van der Waals surface area contributed by atoms with Crippen molar-refractivity contribution in [3.05, 3.63) is 18.0 Å². The average Bonchev–Trinajstić information content (AvgIpc) is 2.75. The van der Waals surface area contributed by atoms with Gasteiger partial charge in [0.25, 0.3) is 5.91 Å². The second-order valence-corrected chi connectivity index (χ2v) is 3.91. The van der Waals surface area contributed by atoms with E-state index in [2.05, 4.69) is 5.10 Å². The smallest absolute Gasteiger partial charge is 0.267 e. The Morgan fingerprint density at radius 3 is 3.00 bits per heavy atom. The molecule has 0 spiro atoms. The Bertz CT molecular complexity index is 371. The normalized spacial score (nSPS) is 18.5. The molecule has 88 valence electrons. The first-order chi connectivity index (χ1) is 7.68. The molecule has 1 fully saturated rings. The third kappa shape index (κ3) is 2.23. The highest BCUT2D eigenvalue weighted by Gasteiger charge is 2.25. The molecule has 0 saturated carbocycles. The van der Waals surface area contributed by atoms with Gasteiger partial charge in [-0.3, -0.25) is 14.3 Å². The van der Waals surface area contributed by atoms with Crippen molar-refractivity contribution in [2.24, 2.45) is 12.8 Å². The molecule has 1 aliphatic heterocycles. The van der Waals surface area contributed by atoms with Crippen LogP contribution in [0.1, 0.15) is 24.4 Å². The Labute approximate surface area is 93.9 Å². The van der Waals surface area contributed by atoms with Gasteiger partial charge < -0.3 is 5.73 Å². The molecule has 16 heavy (non-hydrogen) atoms. The van der Waals surface area contributed by atoms with Gasteiger partial charge in [0.15, 0.2) is 0 Å². The molecule has 0 aromatic carbocycles. The summed E-state index contributed by atoms with van der Waals surface area (Å²) in [6.07, 6.45) is 5.30.